The van der Waals surface area contributed by atoms with Crippen LogP contribution >= 0.6 is 15.9 Å². The van der Waals surface area contributed by atoms with Crippen molar-refractivity contribution in [1.82, 2.24) is 10.1 Å². The molecule has 1 aromatic carbocycles. The van der Waals surface area contributed by atoms with Crippen LogP contribution in [0, 0.1) is 5.82 Å². The molecule has 0 saturated heterocycles. The normalized spacial score (nSPS) is 10.7. The van der Waals surface area contributed by atoms with Gasteiger partial charge in [0.25, 0.3) is 5.89 Å². The highest BCUT2D eigenvalue weighted by Gasteiger charge is 2.10. The Morgan fingerprint density at radius 2 is 2.31 bits per heavy atom. The Morgan fingerprint density at radius 3 is 3.00 bits per heavy atom. The van der Waals surface area contributed by atoms with Gasteiger partial charge < -0.3 is 4.52 Å². The van der Waals surface area contributed by atoms with E-state index in [1.807, 2.05) is 0 Å². The predicted octanol–water partition coefficient (Wildman–Crippen LogP) is 2.03. The Balaban J connectivity index is 2.31. The van der Waals surface area contributed by atoms with Crippen molar-refractivity contribution < 1.29 is 13.8 Å². The minimum Gasteiger partial charge on any atom is -0.336 e. The summed E-state index contributed by atoms with van der Waals surface area (Å²) in [5.74, 6) is 5.13. The fourth-order valence-electron chi connectivity index (χ4n) is 1.14. The first kappa shape index (κ1) is 11.2. The highest BCUT2D eigenvalue weighted by atomic mass is 79.9. The maximum Gasteiger partial charge on any atom is 0.255 e. The van der Waals surface area contributed by atoms with Crippen molar-refractivity contribution in [2.75, 3.05) is 0 Å². The van der Waals surface area contributed by atoms with E-state index in [1.165, 1.54) is 6.07 Å². The van der Waals surface area contributed by atoms with Gasteiger partial charge in [0.15, 0.2) is 0 Å². The average Bonchev–Trinajstić information content (AvgIpc) is 2.71. The van der Waals surface area contributed by atoms with Crippen molar-refractivity contribution in [1.29, 1.82) is 0 Å². The monoisotopic (exact) mass is 287 g/mol. The zero-order valence-electron chi connectivity index (χ0n) is 7.98. The molecule has 0 aliphatic heterocycles. The lowest BCUT2D eigenvalue weighted by molar-refractivity contribution is 0.0996. The number of nitrogens with two attached hydrogens (primary N) is 1. The molecule has 0 saturated carbocycles. The van der Waals surface area contributed by atoms with Crippen molar-refractivity contribution in [3.05, 3.63) is 34.4 Å². The Kier molecular flexibility index (Phi) is 3.28. The predicted molar refractivity (Wildman–Crippen MR) is 56.4 cm³/mol. The van der Waals surface area contributed by atoms with Crippen LogP contribution in [-0.4, -0.2) is 10.1 Å². The molecule has 0 radical (unpaired) electrons. The van der Waals surface area contributed by atoms with Gasteiger partial charge in [-0.1, -0.05) is 5.16 Å². The van der Waals surface area contributed by atoms with Gasteiger partial charge in [0.2, 0.25) is 5.82 Å². The van der Waals surface area contributed by atoms with E-state index in [9.17, 15) is 4.39 Å². The SMILES string of the molecule is NOCc1nc(-c2ccc(F)c(Br)c2)no1. The van der Waals surface area contributed by atoms with Gasteiger partial charge in [0, 0.05) is 5.56 Å². The molecule has 0 spiro atoms. The number of benzene rings is 1. The molecule has 2 aromatic rings. The Hall–Kier alpha value is -1.31. The summed E-state index contributed by atoms with van der Waals surface area (Å²) in [6.07, 6.45) is 0. The summed E-state index contributed by atoms with van der Waals surface area (Å²) in [7, 11) is 0. The number of hydrogen-bond acceptors (Lipinski definition) is 5. The molecule has 0 aliphatic carbocycles. The van der Waals surface area contributed by atoms with Gasteiger partial charge >= 0.3 is 0 Å². The van der Waals surface area contributed by atoms with Crippen LogP contribution in [0.15, 0.2) is 27.2 Å². The number of nitrogens with zero attached hydrogens (tertiary/aromatic N) is 2. The fraction of sp³-hybridized carbons (Fsp3) is 0.111. The van der Waals surface area contributed by atoms with E-state index in [-0.39, 0.29) is 18.3 Å². The molecule has 5 nitrogen and oxygen atoms in total. The second-order valence-corrected chi connectivity index (χ2v) is 3.81. The molecule has 7 heteroatoms. The van der Waals surface area contributed by atoms with E-state index in [0.29, 0.717) is 15.9 Å². The minimum atomic E-state index is -0.349. The van der Waals surface area contributed by atoms with Gasteiger partial charge in [-0.2, -0.15) is 4.98 Å². The lowest BCUT2D eigenvalue weighted by Crippen LogP contribution is -1.98. The number of hydrogen-bond donors (Lipinski definition) is 1. The molecular formula is C9H7BrFN3O2. The third-order valence-corrected chi connectivity index (χ3v) is 2.46. The highest BCUT2D eigenvalue weighted by Crippen LogP contribution is 2.23. The average molecular weight is 288 g/mol. The van der Waals surface area contributed by atoms with Crippen LogP contribution in [0.3, 0.4) is 0 Å². The van der Waals surface area contributed by atoms with Crippen LogP contribution in [-0.2, 0) is 11.4 Å². The molecule has 0 amide bonds. The third-order valence-electron chi connectivity index (χ3n) is 1.85. The molecule has 16 heavy (non-hydrogen) atoms. The zero-order chi connectivity index (χ0) is 11.5. The minimum absolute atomic E-state index is 0.0371. The van der Waals surface area contributed by atoms with Gasteiger partial charge in [-0.05, 0) is 34.1 Å². The van der Waals surface area contributed by atoms with E-state index in [1.54, 1.807) is 12.1 Å². The zero-order valence-corrected chi connectivity index (χ0v) is 9.57. The lowest BCUT2D eigenvalue weighted by atomic mass is 10.2. The first-order valence-corrected chi connectivity index (χ1v) is 5.09. The quantitative estimate of drug-likeness (QED) is 0.875. The van der Waals surface area contributed by atoms with Gasteiger partial charge in [0.1, 0.15) is 12.4 Å². The first-order valence-electron chi connectivity index (χ1n) is 4.30. The Bertz CT molecular complexity index is 503. The van der Waals surface area contributed by atoms with Crippen LogP contribution < -0.4 is 5.90 Å². The summed E-state index contributed by atoms with van der Waals surface area (Å²) in [5, 5.41) is 3.71. The first-order chi connectivity index (χ1) is 7.70. The largest absolute Gasteiger partial charge is 0.336 e. The van der Waals surface area contributed by atoms with E-state index >= 15 is 0 Å². The second kappa shape index (κ2) is 4.69. The van der Waals surface area contributed by atoms with E-state index in [0.717, 1.165) is 0 Å². The van der Waals surface area contributed by atoms with E-state index in [2.05, 4.69) is 30.9 Å². The standard InChI is InChI=1S/C9H7BrFN3O2/c10-6-3-5(1-2-7(6)11)9-13-8(4-15-12)16-14-9/h1-3H,4,12H2. The summed E-state index contributed by atoms with van der Waals surface area (Å²) < 4.78 is 18.2. The number of halogens is 2. The molecule has 1 heterocycles. The summed E-state index contributed by atoms with van der Waals surface area (Å²) in [6.45, 7) is 0.0371. The molecule has 1 aromatic heterocycles. The van der Waals surface area contributed by atoms with Gasteiger partial charge in [-0.25, -0.2) is 10.3 Å². The van der Waals surface area contributed by atoms with Crippen LogP contribution in [0.2, 0.25) is 0 Å². The van der Waals surface area contributed by atoms with Crippen LogP contribution in [0.5, 0.6) is 0 Å². The summed E-state index contributed by atoms with van der Waals surface area (Å²) >= 11 is 3.08. The van der Waals surface area contributed by atoms with Crippen LogP contribution in [0.4, 0.5) is 4.39 Å². The maximum atomic E-state index is 13.0. The molecule has 0 atom stereocenters. The van der Waals surface area contributed by atoms with Crippen molar-refractivity contribution in [3.8, 4) is 11.4 Å². The summed E-state index contributed by atoms with van der Waals surface area (Å²) in [5.41, 5.74) is 0.639. The lowest BCUT2D eigenvalue weighted by Gasteiger charge is -1.96. The Labute approximate surface area is 98.5 Å². The van der Waals surface area contributed by atoms with Crippen LogP contribution in [0.25, 0.3) is 11.4 Å². The highest BCUT2D eigenvalue weighted by molar-refractivity contribution is 9.10. The molecule has 2 rings (SSSR count). The molecule has 0 aliphatic rings. The smallest absolute Gasteiger partial charge is 0.255 e. The molecule has 0 bridgehead atoms. The third kappa shape index (κ3) is 2.26. The van der Waals surface area contributed by atoms with E-state index in [4.69, 9.17) is 10.4 Å². The van der Waals surface area contributed by atoms with E-state index < -0.39 is 0 Å². The molecule has 0 fully saturated rings. The summed E-state index contributed by atoms with van der Waals surface area (Å²) in [6, 6.07) is 4.43. The molecule has 84 valence electrons. The van der Waals surface area contributed by atoms with Crippen molar-refractivity contribution in [3.63, 3.8) is 0 Å². The van der Waals surface area contributed by atoms with Gasteiger partial charge in [-0.3, -0.25) is 4.84 Å². The van der Waals surface area contributed by atoms with Gasteiger partial charge in [-0.15, -0.1) is 0 Å². The second-order valence-electron chi connectivity index (χ2n) is 2.95. The van der Waals surface area contributed by atoms with Gasteiger partial charge in [0.05, 0.1) is 4.47 Å². The summed E-state index contributed by atoms with van der Waals surface area (Å²) in [4.78, 5) is 8.37. The number of aromatic nitrogens is 2. The maximum absolute atomic E-state index is 13.0. The van der Waals surface area contributed by atoms with Crippen molar-refractivity contribution in [2.24, 2.45) is 5.90 Å². The molecule has 2 N–H and O–H groups in total. The molecule has 0 unspecified atom stereocenters. The number of rotatable bonds is 3. The van der Waals surface area contributed by atoms with Crippen LogP contribution in [0.1, 0.15) is 5.89 Å². The fourth-order valence-corrected chi connectivity index (χ4v) is 1.52. The topological polar surface area (TPSA) is 74.2 Å². The Morgan fingerprint density at radius 1 is 1.50 bits per heavy atom. The van der Waals surface area contributed by atoms with Crippen molar-refractivity contribution in [2.45, 2.75) is 6.61 Å². The molecular weight excluding hydrogens is 281 g/mol. The van der Waals surface area contributed by atoms with Crippen molar-refractivity contribution >= 4 is 15.9 Å².